The Balaban J connectivity index is 2.56. The number of hydrogen-bond donors (Lipinski definition) is 1. The number of benzene rings is 1. The zero-order valence-electron chi connectivity index (χ0n) is 12.6. The van der Waals surface area contributed by atoms with E-state index in [2.05, 4.69) is 0 Å². The molecule has 0 saturated carbocycles. The average Bonchev–Trinajstić information content (AvgIpc) is 2.82. The molecule has 1 aromatic carbocycles. The van der Waals surface area contributed by atoms with E-state index >= 15 is 0 Å². The molecule has 1 aliphatic rings. The van der Waals surface area contributed by atoms with Crippen molar-refractivity contribution in [3.63, 3.8) is 0 Å². The minimum absolute atomic E-state index is 0.00379. The standard InChI is InChI=1S/C15H22ClNO3S/c1-4-14-6-5-10(2)17(14)21(19,20)15-8-13(16)7-12(9-18)11(15)3/h7-8,10,14,18H,4-6,9H2,1-3H3. The Labute approximate surface area is 131 Å². The number of sulfonamides is 1. The van der Waals surface area contributed by atoms with Crippen LogP contribution in [0.4, 0.5) is 0 Å². The van der Waals surface area contributed by atoms with Gasteiger partial charge in [0.2, 0.25) is 10.0 Å². The predicted molar refractivity (Wildman–Crippen MR) is 83.9 cm³/mol. The lowest BCUT2D eigenvalue weighted by molar-refractivity contribution is 0.280. The fraction of sp³-hybridized carbons (Fsp3) is 0.600. The third-order valence-corrected chi connectivity index (χ3v) is 6.75. The van der Waals surface area contributed by atoms with Gasteiger partial charge in [0, 0.05) is 17.1 Å². The lowest BCUT2D eigenvalue weighted by Crippen LogP contribution is -2.40. The molecule has 118 valence electrons. The Hall–Kier alpha value is -0.620. The van der Waals surface area contributed by atoms with Gasteiger partial charge in [0.1, 0.15) is 0 Å². The molecular formula is C15H22ClNO3S. The average molecular weight is 332 g/mol. The van der Waals surface area contributed by atoms with Crippen molar-refractivity contribution in [2.24, 2.45) is 0 Å². The summed E-state index contributed by atoms with van der Waals surface area (Å²) in [6, 6.07) is 3.14. The second kappa shape index (κ2) is 6.24. The van der Waals surface area contributed by atoms with Gasteiger partial charge in [0.05, 0.1) is 11.5 Å². The summed E-state index contributed by atoms with van der Waals surface area (Å²) in [6.07, 6.45) is 2.57. The van der Waals surface area contributed by atoms with Crippen LogP contribution in [0.2, 0.25) is 5.02 Å². The van der Waals surface area contributed by atoms with Crippen LogP contribution in [0, 0.1) is 6.92 Å². The molecule has 0 spiro atoms. The highest BCUT2D eigenvalue weighted by molar-refractivity contribution is 7.89. The number of halogens is 1. The minimum Gasteiger partial charge on any atom is -0.392 e. The van der Waals surface area contributed by atoms with Crippen LogP contribution in [0.25, 0.3) is 0 Å². The zero-order chi connectivity index (χ0) is 15.8. The fourth-order valence-electron chi connectivity index (χ4n) is 3.12. The normalized spacial score (nSPS) is 23.7. The number of aliphatic hydroxyl groups is 1. The number of aliphatic hydroxyl groups excluding tert-OH is 1. The van der Waals surface area contributed by atoms with Crippen LogP contribution in [0.3, 0.4) is 0 Å². The Bertz CT molecular complexity index is 630. The van der Waals surface area contributed by atoms with Crippen molar-refractivity contribution in [1.82, 2.24) is 4.31 Å². The van der Waals surface area contributed by atoms with Gasteiger partial charge in [-0.25, -0.2) is 8.42 Å². The van der Waals surface area contributed by atoms with Gasteiger partial charge < -0.3 is 5.11 Å². The summed E-state index contributed by atoms with van der Waals surface area (Å²) in [6.45, 7) is 5.45. The molecule has 1 aromatic rings. The molecular weight excluding hydrogens is 310 g/mol. The maximum absolute atomic E-state index is 13.0. The summed E-state index contributed by atoms with van der Waals surface area (Å²) < 4.78 is 27.7. The van der Waals surface area contributed by atoms with Crippen LogP contribution in [-0.4, -0.2) is 29.9 Å². The quantitative estimate of drug-likeness (QED) is 0.922. The van der Waals surface area contributed by atoms with Crippen molar-refractivity contribution in [1.29, 1.82) is 0 Å². The molecule has 2 rings (SSSR count). The zero-order valence-corrected chi connectivity index (χ0v) is 14.2. The first-order chi connectivity index (χ1) is 9.82. The molecule has 0 amide bonds. The van der Waals surface area contributed by atoms with Gasteiger partial charge in [-0.2, -0.15) is 4.31 Å². The summed E-state index contributed by atoms with van der Waals surface area (Å²) in [4.78, 5) is 0.214. The van der Waals surface area contributed by atoms with Gasteiger partial charge in [-0.05, 0) is 56.4 Å². The molecule has 0 bridgehead atoms. The lowest BCUT2D eigenvalue weighted by atomic mass is 10.1. The van der Waals surface area contributed by atoms with Crippen molar-refractivity contribution in [3.05, 3.63) is 28.3 Å². The summed E-state index contributed by atoms with van der Waals surface area (Å²) in [5.74, 6) is 0. The van der Waals surface area contributed by atoms with Gasteiger partial charge >= 0.3 is 0 Å². The van der Waals surface area contributed by atoms with Gasteiger partial charge in [-0.3, -0.25) is 0 Å². The summed E-state index contributed by atoms with van der Waals surface area (Å²) in [5, 5.41) is 9.72. The highest BCUT2D eigenvalue weighted by atomic mass is 35.5. The molecule has 1 N–H and O–H groups in total. The summed E-state index contributed by atoms with van der Waals surface area (Å²) >= 11 is 6.03. The monoisotopic (exact) mass is 331 g/mol. The van der Waals surface area contributed by atoms with Crippen LogP contribution in [0.5, 0.6) is 0 Å². The molecule has 2 unspecified atom stereocenters. The first kappa shape index (κ1) is 16.7. The highest BCUT2D eigenvalue weighted by Crippen LogP contribution is 2.35. The van der Waals surface area contributed by atoms with E-state index in [-0.39, 0.29) is 23.6 Å². The van der Waals surface area contributed by atoms with E-state index in [4.69, 9.17) is 11.6 Å². The SMILES string of the molecule is CCC1CCC(C)N1S(=O)(=O)c1cc(Cl)cc(CO)c1C. The molecule has 1 saturated heterocycles. The molecule has 1 aliphatic heterocycles. The molecule has 21 heavy (non-hydrogen) atoms. The Kier molecular flexibility index (Phi) is 4.98. The molecule has 2 atom stereocenters. The Morgan fingerprint density at radius 1 is 1.38 bits per heavy atom. The molecule has 0 aromatic heterocycles. The largest absolute Gasteiger partial charge is 0.392 e. The number of nitrogens with zero attached hydrogens (tertiary/aromatic N) is 1. The van der Waals surface area contributed by atoms with Gasteiger partial charge in [0.15, 0.2) is 0 Å². The van der Waals surface area contributed by atoms with E-state index in [0.717, 1.165) is 19.3 Å². The van der Waals surface area contributed by atoms with Crippen LogP contribution < -0.4 is 0 Å². The molecule has 0 radical (unpaired) electrons. The first-order valence-electron chi connectivity index (χ1n) is 7.26. The smallest absolute Gasteiger partial charge is 0.243 e. The van der Waals surface area contributed by atoms with Crippen molar-refractivity contribution in [3.8, 4) is 0 Å². The third kappa shape index (κ3) is 2.97. The number of rotatable bonds is 4. The van der Waals surface area contributed by atoms with E-state index in [1.54, 1.807) is 17.3 Å². The van der Waals surface area contributed by atoms with E-state index in [9.17, 15) is 13.5 Å². The van der Waals surface area contributed by atoms with E-state index in [0.29, 0.717) is 16.1 Å². The lowest BCUT2D eigenvalue weighted by Gasteiger charge is -2.28. The van der Waals surface area contributed by atoms with Gasteiger partial charge in [-0.1, -0.05) is 18.5 Å². The maximum Gasteiger partial charge on any atom is 0.243 e. The highest BCUT2D eigenvalue weighted by Gasteiger charge is 2.40. The Morgan fingerprint density at radius 3 is 2.62 bits per heavy atom. The van der Waals surface area contributed by atoms with Gasteiger partial charge in [0.25, 0.3) is 0 Å². The van der Waals surface area contributed by atoms with Crippen LogP contribution in [-0.2, 0) is 16.6 Å². The van der Waals surface area contributed by atoms with Crippen molar-refractivity contribution in [2.75, 3.05) is 0 Å². The predicted octanol–water partition coefficient (Wildman–Crippen LogP) is 3.09. The van der Waals surface area contributed by atoms with E-state index in [1.165, 1.54) is 6.07 Å². The first-order valence-corrected chi connectivity index (χ1v) is 9.08. The number of hydrogen-bond acceptors (Lipinski definition) is 3. The van der Waals surface area contributed by atoms with Crippen molar-refractivity contribution < 1.29 is 13.5 Å². The van der Waals surface area contributed by atoms with Crippen LogP contribution in [0.15, 0.2) is 17.0 Å². The van der Waals surface area contributed by atoms with Crippen LogP contribution in [0.1, 0.15) is 44.2 Å². The van der Waals surface area contributed by atoms with Gasteiger partial charge in [-0.15, -0.1) is 0 Å². The van der Waals surface area contributed by atoms with E-state index < -0.39 is 10.0 Å². The second-order valence-corrected chi connectivity index (χ2v) is 7.92. The van der Waals surface area contributed by atoms with Crippen molar-refractivity contribution >= 4 is 21.6 Å². The third-order valence-electron chi connectivity index (χ3n) is 4.34. The Morgan fingerprint density at radius 2 is 2.05 bits per heavy atom. The molecule has 6 heteroatoms. The fourth-order valence-corrected chi connectivity index (χ4v) is 5.67. The van der Waals surface area contributed by atoms with E-state index in [1.807, 2.05) is 13.8 Å². The second-order valence-electron chi connectivity index (χ2n) is 5.67. The minimum atomic E-state index is -3.60. The van der Waals surface area contributed by atoms with Crippen LogP contribution >= 0.6 is 11.6 Å². The molecule has 1 heterocycles. The molecule has 1 fully saturated rings. The summed E-state index contributed by atoms with van der Waals surface area (Å²) in [7, 11) is -3.60. The maximum atomic E-state index is 13.0. The summed E-state index contributed by atoms with van der Waals surface area (Å²) in [5.41, 5.74) is 1.14. The topological polar surface area (TPSA) is 57.6 Å². The molecule has 0 aliphatic carbocycles. The molecule has 4 nitrogen and oxygen atoms in total. The van der Waals surface area contributed by atoms with Crippen molar-refractivity contribution in [2.45, 2.75) is 63.6 Å².